The monoisotopic (exact) mass is 357 g/mol. The number of benzene rings is 1. The summed E-state index contributed by atoms with van der Waals surface area (Å²) in [6.45, 7) is 4.21. The Balaban J connectivity index is 2.08. The Morgan fingerprint density at radius 3 is 2.73 bits per heavy atom. The highest BCUT2D eigenvalue weighted by Crippen LogP contribution is 2.25. The zero-order valence-electron chi connectivity index (χ0n) is 12.3. The minimum absolute atomic E-state index is 0.217. The maximum absolute atomic E-state index is 12.3. The van der Waals surface area contributed by atoms with Gasteiger partial charge in [-0.2, -0.15) is 0 Å². The Bertz CT molecular complexity index is 685. The molecule has 4 nitrogen and oxygen atoms in total. The molecule has 2 aromatic rings. The Hall–Kier alpha value is -1.14. The predicted molar refractivity (Wildman–Crippen MR) is 91.7 cm³/mol. The van der Waals surface area contributed by atoms with Crippen molar-refractivity contribution in [3.05, 3.63) is 49.9 Å². The normalized spacial score (nSPS) is 11.5. The molecule has 0 saturated carbocycles. The van der Waals surface area contributed by atoms with Gasteiger partial charge in [-0.05, 0) is 38.0 Å². The summed E-state index contributed by atoms with van der Waals surface area (Å²) in [5.74, 6) is -0.217. The molecule has 0 aliphatic heterocycles. The van der Waals surface area contributed by atoms with Gasteiger partial charge in [-0.3, -0.25) is 4.79 Å². The second kappa shape index (κ2) is 6.96. The van der Waals surface area contributed by atoms with Crippen LogP contribution in [0.25, 0.3) is 0 Å². The Labute approximate surface area is 143 Å². The van der Waals surface area contributed by atoms with Crippen LogP contribution < -0.4 is 11.1 Å². The van der Waals surface area contributed by atoms with Crippen molar-refractivity contribution in [3.63, 3.8) is 0 Å². The van der Waals surface area contributed by atoms with Gasteiger partial charge >= 0.3 is 0 Å². The first-order valence-electron chi connectivity index (χ1n) is 6.71. The SMILES string of the molecule is CC(C)(Cc1ccc(Cl)cc1Cl)NC(=O)c1csc(CN)n1. The maximum atomic E-state index is 12.3. The standard InChI is InChI=1S/C15H17Cl2N3OS/c1-15(2,6-9-3-4-10(16)5-11(9)17)20-14(21)12-8-22-13(7-18)19-12/h3-5,8H,6-7,18H2,1-2H3,(H,20,21). The van der Waals surface area contributed by atoms with Crippen molar-refractivity contribution in [2.24, 2.45) is 5.73 Å². The average Bonchev–Trinajstić information content (AvgIpc) is 2.90. The molecular weight excluding hydrogens is 341 g/mol. The summed E-state index contributed by atoms with van der Waals surface area (Å²) in [5, 5.41) is 6.61. The number of nitrogens with one attached hydrogen (secondary N) is 1. The minimum atomic E-state index is -0.471. The smallest absolute Gasteiger partial charge is 0.271 e. The lowest BCUT2D eigenvalue weighted by molar-refractivity contribution is 0.0908. The molecule has 0 saturated heterocycles. The maximum Gasteiger partial charge on any atom is 0.271 e. The van der Waals surface area contributed by atoms with Gasteiger partial charge in [0.15, 0.2) is 0 Å². The lowest BCUT2D eigenvalue weighted by Gasteiger charge is -2.26. The summed E-state index contributed by atoms with van der Waals surface area (Å²) in [5.41, 5.74) is 6.36. The highest BCUT2D eigenvalue weighted by Gasteiger charge is 2.24. The van der Waals surface area contributed by atoms with Crippen molar-refractivity contribution in [1.82, 2.24) is 10.3 Å². The third kappa shape index (κ3) is 4.43. The zero-order valence-corrected chi connectivity index (χ0v) is 14.6. The highest BCUT2D eigenvalue weighted by atomic mass is 35.5. The van der Waals surface area contributed by atoms with Gasteiger partial charge in [-0.25, -0.2) is 4.98 Å². The van der Waals surface area contributed by atoms with Crippen molar-refractivity contribution < 1.29 is 4.79 Å². The van der Waals surface area contributed by atoms with E-state index in [0.29, 0.717) is 28.7 Å². The first-order valence-corrected chi connectivity index (χ1v) is 8.35. The fourth-order valence-corrected chi connectivity index (χ4v) is 3.20. The van der Waals surface area contributed by atoms with Gasteiger partial charge in [0.2, 0.25) is 0 Å². The summed E-state index contributed by atoms with van der Waals surface area (Å²) in [6, 6.07) is 5.35. The number of aromatic nitrogens is 1. The first-order chi connectivity index (χ1) is 10.3. The first kappa shape index (κ1) is 17.2. The number of nitrogens with zero attached hydrogens (tertiary/aromatic N) is 1. The van der Waals surface area contributed by atoms with Gasteiger partial charge < -0.3 is 11.1 Å². The number of hydrogen-bond donors (Lipinski definition) is 2. The predicted octanol–water partition coefficient (Wildman–Crippen LogP) is 3.66. The van der Waals surface area contributed by atoms with Gasteiger partial charge in [0.1, 0.15) is 10.7 Å². The lowest BCUT2D eigenvalue weighted by Crippen LogP contribution is -2.45. The van der Waals surface area contributed by atoms with E-state index in [1.165, 1.54) is 11.3 Å². The van der Waals surface area contributed by atoms with Crippen LogP contribution in [0, 0.1) is 0 Å². The fraction of sp³-hybridized carbons (Fsp3) is 0.333. The van der Waals surface area contributed by atoms with Crippen LogP contribution in [-0.2, 0) is 13.0 Å². The summed E-state index contributed by atoms with van der Waals surface area (Å²) in [6.07, 6.45) is 0.586. The van der Waals surface area contributed by atoms with E-state index in [0.717, 1.165) is 10.6 Å². The number of thiazole rings is 1. The molecule has 22 heavy (non-hydrogen) atoms. The minimum Gasteiger partial charge on any atom is -0.345 e. The van der Waals surface area contributed by atoms with Crippen LogP contribution in [0.1, 0.15) is 34.9 Å². The molecule has 0 spiro atoms. The van der Waals surface area contributed by atoms with Crippen LogP contribution >= 0.6 is 34.5 Å². The number of nitrogens with two attached hydrogens (primary N) is 1. The molecule has 1 heterocycles. The number of rotatable bonds is 5. The largest absolute Gasteiger partial charge is 0.345 e. The molecule has 0 aliphatic carbocycles. The number of amides is 1. The van der Waals surface area contributed by atoms with Gasteiger partial charge in [0.25, 0.3) is 5.91 Å². The molecule has 2 rings (SSSR count). The molecule has 0 aliphatic rings. The molecular formula is C15H17Cl2N3OS. The molecule has 0 fully saturated rings. The molecule has 0 radical (unpaired) electrons. The third-order valence-corrected chi connectivity index (χ3v) is 4.52. The Kier molecular flexibility index (Phi) is 5.45. The molecule has 7 heteroatoms. The Morgan fingerprint density at radius 2 is 2.14 bits per heavy atom. The van der Waals surface area contributed by atoms with Gasteiger partial charge in [-0.15, -0.1) is 11.3 Å². The molecule has 1 aromatic carbocycles. The molecule has 118 valence electrons. The zero-order chi connectivity index (χ0) is 16.3. The van der Waals surface area contributed by atoms with E-state index in [1.807, 2.05) is 19.9 Å². The van der Waals surface area contributed by atoms with Crippen LogP contribution in [0.3, 0.4) is 0 Å². The van der Waals surface area contributed by atoms with E-state index >= 15 is 0 Å². The quantitative estimate of drug-likeness (QED) is 0.857. The van der Waals surface area contributed by atoms with Crippen LogP contribution in [-0.4, -0.2) is 16.4 Å². The van der Waals surface area contributed by atoms with E-state index in [2.05, 4.69) is 10.3 Å². The van der Waals surface area contributed by atoms with Crippen molar-refractivity contribution >= 4 is 40.4 Å². The average molecular weight is 358 g/mol. The molecule has 1 amide bonds. The van der Waals surface area contributed by atoms with Gasteiger partial charge in [0, 0.05) is 27.5 Å². The van der Waals surface area contributed by atoms with Gasteiger partial charge in [0.05, 0.1) is 0 Å². The molecule has 3 N–H and O–H groups in total. The van der Waals surface area contributed by atoms with Crippen molar-refractivity contribution in [2.75, 3.05) is 0 Å². The third-order valence-electron chi connectivity index (χ3n) is 3.06. The van der Waals surface area contributed by atoms with Crippen molar-refractivity contribution in [3.8, 4) is 0 Å². The van der Waals surface area contributed by atoms with E-state index in [9.17, 15) is 4.79 Å². The summed E-state index contributed by atoms with van der Waals surface area (Å²) in [4.78, 5) is 16.4. The topological polar surface area (TPSA) is 68.0 Å². The van der Waals surface area contributed by atoms with E-state index in [1.54, 1.807) is 17.5 Å². The number of hydrogen-bond acceptors (Lipinski definition) is 4. The second-order valence-corrected chi connectivity index (χ2v) is 7.37. The summed E-state index contributed by atoms with van der Waals surface area (Å²) in [7, 11) is 0. The number of carbonyl (C=O) groups is 1. The van der Waals surface area contributed by atoms with Crippen LogP contribution in [0.2, 0.25) is 10.0 Å². The van der Waals surface area contributed by atoms with Crippen LogP contribution in [0.15, 0.2) is 23.6 Å². The van der Waals surface area contributed by atoms with Crippen LogP contribution in [0.5, 0.6) is 0 Å². The molecule has 0 bridgehead atoms. The van der Waals surface area contributed by atoms with Crippen molar-refractivity contribution in [2.45, 2.75) is 32.4 Å². The summed E-state index contributed by atoms with van der Waals surface area (Å²) < 4.78 is 0. The van der Waals surface area contributed by atoms with Crippen molar-refractivity contribution in [1.29, 1.82) is 0 Å². The highest BCUT2D eigenvalue weighted by molar-refractivity contribution is 7.09. The van der Waals surface area contributed by atoms with Gasteiger partial charge in [-0.1, -0.05) is 29.3 Å². The number of halogens is 2. The molecule has 1 aromatic heterocycles. The lowest BCUT2D eigenvalue weighted by atomic mass is 9.94. The second-order valence-electron chi connectivity index (χ2n) is 5.58. The molecule has 0 unspecified atom stereocenters. The van der Waals surface area contributed by atoms with E-state index < -0.39 is 5.54 Å². The van der Waals surface area contributed by atoms with E-state index in [4.69, 9.17) is 28.9 Å². The number of carbonyl (C=O) groups excluding carboxylic acids is 1. The molecule has 0 atom stereocenters. The summed E-state index contributed by atoms with van der Waals surface area (Å²) >= 11 is 13.5. The van der Waals surface area contributed by atoms with Crippen LogP contribution in [0.4, 0.5) is 0 Å². The van der Waals surface area contributed by atoms with E-state index in [-0.39, 0.29) is 5.91 Å². The Morgan fingerprint density at radius 1 is 1.41 bits per heavy atom. The fourth-order valence-electron chi connectivity index (χ4n) is 2.07.